The lowest BCUT2D eigenvalue weighted by Crippen LogP contribution is -2.41. The molecule has 1 atom stereocenters. The molecule has 3 aromatic rings. The van der Waals surface area contributed by atoms with E-state index in [1.165, 1.54) is 18.8 Å². The summed E-state index contributed by atoms with van der Waals surface area (Å²) in [5.41, 5.74) is 1.05. The quantitative estimate of drug-likeness (QED) is 0.543. The van der Waals surface area contributed by atoms with Gasteiger partial charge in [-0.3, -0.25) is 14.7 Å². The van der Waals surface area contributed by atoms with Crippen LogP contribution in [0, 0.1) is 0 Å². The number of halogens is 1. The maximum Gasteiger partial charge on any atom is 0.321 e. The van der Waals surface area contributed by atoms with Crippen LogP contribution in [0.15, 0.2) is 56.7 Å². The van der Waals surface area contributed by atoms with Gasteiger partial charge in [0.25, 0.3) is 0 Å². The van der Waals surface area contributed by atoms with Crippen molar-refractivity contribution in [3.63, 3.8) is 0 Å². The summed E-state index contributed by atoms with van der Waals surface area (Å²) in [6.07, 6.45) is 0. The molecule has 10 heteroatoms. The zero-order chi connectivity index (χ0) is 20.1. The van der Waals surface area contributed by atoms with Crippen LogP contribution in [-0.4, -0.2) is 39.0 Å². The average molecular weight is 464 g/mol. The molecule has 0 fully saturated rings. The van der Waals surface area contributed by atoms with Crippen LogP contribution in [0.5, 0.6) is 0 Å². The normalized spacial score (nSPS) is 11.8. The van der Waals surface area contributed by atoms with E-state index in [1.807, 2.05) is 34.9 Å². The van der Waals surface area contributed by atoms with Gasteiger partial charge in [0.05, 0.1) is 11.8 Å². The van der Waals surface area contributed by atoms with Crippen molar-refractivity contribution in [2.75, 3.05) is 7.05 Å². The van der Waals surface area contributed by atoms with Gasteiger partial charge in [-0.1, -0.05) is 42.1 Å². The molecular formula is C18H18BrN5O3S. The van der Waals surface area contributed by atoms with Crippen molar-refractivity contribution in [2.24, 2.45) is 0 Å². The molecule has 28 heavy (non-hydrogen) atoms. The molecule has 0 spiro atoms. The number of hydrogen-bond donors (Lipinski definition) is 2. The lowest BCUT2D eigenvalue weighted by atomic mass is 10.2. The highest BCUT2D eigenvalue weighted by molar-refractivity contribution is 9.10. The van der Waals surface area contributed by atoms with E-state index in [-0.39, 0.29) is 0 Å². The van der Waals surface area contributed by atoms with E-state index < -0.39 is 17.2 Å². The number of furan rings is 1. The van der Waals surface area contributed by atoms with Gasteiger partial charge >= 0.3 is 6.03 Å². The third-order valence-corrected chi connectivity index (χ3v) is 5.32. The van der Waals surface area contributed by atoms with Crippen LogP contribution < -0.4 is 10.6 Å². The predicted molar refractivity (Wildman–Crippen MR) is 109 cm³/mol. The Morgan fingerprint density at radius 3 is 2.61 bits per heavy atom. The van der Waals surface area contributed by atoms with Crippen LogP contribution in [0.25, 0.3) is 11.6 Å². The highest BCUT2D eigenvalue weighted by atomic mass is 79.9. The summed E-state index contributed by atoms with van der Waals surface area (Å²) in [6, 6.07) is 12.9. The second-order valence-electron chi connectivity index (χ2n) is 5.81. The van der Waals surface area contributed by atoms with E-state index in [2.05, 4.69) is 36.8 Å². The molecule has 3 rings (SSSR count). The minimum absolute atomic E-state index is 0.416. The summed E-state index contributed by atoms with van der Waals surface area (Å²) in [5, 5.41) is 13.1. The number of carbonyl (C=O) groups is 2. The fourth-order valence-electron chi connectivity index (χ4n) is 2.39. The van der Waals surface area contributed by atoms with Crippen LogP contribution in [0.4, 0.5) is 4.79 Å². The van der Waals surface area contributed by atoms with Gasteiger partial charge in [-0.15, -0.1) is 10.2 Å². The van der Waals surface area contributed by atoms with Gasteiger partial charge in [0.15, 0.2) is 15.6 Å². The van der Waals surface area contributed by atoms with Crippen molar-refractivity contribution in [2.45, 2.75) is 23.9 Å². The smallest absolute Gasteiger partial charge is 0.321 e. The van der Waals surface area contributed by atoms with Gasteiger partial charge in [0.2, 0.25) is 11.7 Å². The second-order valence-corrected chi connectivity index (χ2v) is 7.90. The molecule has 0 aliphatic heterocycles. The molecule has 146 valence electrons. The number of aromatic nitrogens is 3. The molecule has 2 heterocycles. The van der Waals surface area contributed by atoms with Crippen LogP contribution >= 0.6 is 27.7 Å². The molecule has 0 aliphatic rings. The standard InChI is InChI=1S/C18H18BrN5O3S/c1-11(16(25)21-17(26)20-2)28-18-23-22-15(13-8-9-14(19)27-13)24(18)10-12-6-4-3-5-7-12/h3-9,11H,10H2,1-2H3,(H2,20,21,25,26). The van der Waals surface area contributed by atoms with Crippen molar-refractivity contribution in [3.05, 3.63) is 52.7 Å². The Bertz CT molecular complexity index is 973. The van der Waals surface area contributed by atoms with Crippen LogP contribution in [-0.2, 0) is 11.3 Å². The largest absolute Gasteiger partial charge is 0.446 e. The van der Waals surface area contributed by atoms with Gasteiger partial charge in [0.1, 0.15) is 0 Å². The van der Waals surface area contributed by atoms with Crippen molar-refractivity contribution >= 4 is 39.6 Å². The molecule has 2 N–H and O–H groups in total. The Labute approximate surface area is 174 Å². The zero-order valence-electron chi connectivity index (χ0n) is 15.2. The van der Waals surface area contributed by atoms with Crippen molar-refractivity contribution < 1.29 is 14.0 Å². The Kier molecular flexibility index (Phi) is 6.53. The summed E-state index contributed by atoms with van der Waals surface area (Å²) in [4.78, 5) is 23.6. The third kappa shape index (κ3) is 4.82. The van der Waals surface area contributed by atoms with Crippen molar-refractivity contribution in [1.29, 1.82) is 0 Å². The first-order chi connectivity index (χ1) is 13.5. The Hall–Kier alpha value is -2.59. The van der Waals surface area contributed by atoms with Gasteiger partial charge in [0, 0.05) is 7.05 Å². The molecule has 1 aromatic carbocycles. The molecule has 0 radical (unpaired) electrons. The highest BCUT2D eigenvalue weighted by Gasteiger charge is 2.23. The number of amides is 3. The van der Waals surface area contributed by atoms with Gasteiger partial charge < -0.3 is 9.73 Å². The topological polar surface area (TPSA) is 102 Å². The van der Waals surface area contributed by atoms with E-state index in [1.54, 1.807) is 19.1 Å². The Balaban J connectivity index is 1.89. The minimum atomic E-state index is -0.552. The summed E-state index contributed by atoms with van der Waals surface area (Å²) in [7, 11) is 1.45. The molecule has 8 nitrogen and oxygen atoms in total. The summed E-state index contributed by atoms with van der Waals surface area (Å²) >= 11 is 4.51. The molecule has 0 aliphatic carbocycles. The highest BCUT2D eigenvalue weighted by Crippen LogP contribution is 2.29. The summed E-state index contributed by atoms with van der Waals surface area (Å²) in [5.74, 6) is 0.696. The summed E-state index contributed by atoms with van der Waals surface area (Å²) < 4.78 is 8.10. The van der Waals surface area contributed by atoms with E-state index in [9.17, 15) is 9.59 Å². The number of hydrogen-bond acceptors (Lipinski definition) is 6. The molecule has 3 amide bonds. The van der Waals surface area contributed by atoms with Crippen molar-refractivity contribution in [1.82, 2.24) is 25.4 Å². The Morgan fingerprint density at radius 2 is 1.96 bits per heavy atom. The van der Waals surface area contributed by atoms with Crippen LogP contribution in [0.1, 0.15) is 12.5 Å². The molecule has 1 unspecified atom stereocenters. The minimum Gasteiger partial charge on any atom is -0.446 e. The number of carbonyl (C=O) groups excluding carboxylic acids is 2. The van der Waals surface area contributed by atoms with E-state index in [4.69, 9.17) is 4.42 Å². The monoisotopic (exact) mass is 463 g/mol. The first-order valence-corrected chi connectivity index (χ1v) is 10.1. The molecule has 0 saturated carbocycles. The fourth-order valence-corrected chi connectivity index (χ4v) is 3.54. The predicted octanol–water partition coefficient (Wildman–Crippen LogP) is 3.29. The number of nitrogens with zero attached hydrogens (tertiary/aromatic N) is 3. The number of urea groups is 1. The SMILES string of the molecule is CNC(=O)NC(=O)C(C)Sc1nnc(-c2ccc(Br)o2)n1Cc1ccccc1. The van der Waals surface area contributed by atoms with Crippen molar-refractivity contribution in [3.8, 4) is 11.6 Å². The summed E-state index contributed by atoms with van der Waals surface area (Å²) in [6.45, 7) is 2.21. The fraction of sp³-hybridized carbons (Fsp3) is 0.222. The first kappa shape index (κ1) is 20.2. The maximum absolute atomic E-state index is 12.2. The van der Waals surface area contributed by atoms with Crippen LogP contribution in [0.3, 0.4) is 0 Å². The van der Waals surface area contributed by atoms with E-state index in [0.29, 0.717) is 28.0 Å². The number of thioether (sulfide) groups is 1. The van der Waals surface area contributed by atoms with Gasteiger partial charge in [-0.2, -0.15) is 0 Å². The lowest BCUT2D eigenvalue weighted by molar-refractivity contribution is -0.119. The zero-order valence-corrected chi connectivity index (χ0v) is 17.6. The van der Waals surface area contributed by atoms with E-state index in [0.717, 1.165) is 5.56 Å². The van der Waals surface area contributed by atoms with Crippen LogP contribution in [0.2, 0.25) is 0 Å². The average Bonchev–Trinajstić information content (AvgIpc) is 3.28. The molecular weight excluding hydrogens is 446 g/mol. The molecule has 2 aromatic heterocycles. The maximum atomic E-state index is 12.2. The number of imide groups is 1. The van der Waals surface area contributed by atoms with E-state index >= 15 is 0 Å². The number of nitrogens with one attached hydrogen (secondary N) is 2. The second kappa shape index (κ2) is 9.07. The van der Waals surface area contributed by atoms with Gasteiger partial charge in [-0.05, 0) is 40.5 Å². The lowest BCUT2D eigenvalue weighted by Gasteiger charge is -2.13. The number of benzene rings is 1. The Morgan fingerprint density at radius 1 is 1.21 bits per heavy atom. The first-order valence-electron chi connectivity index (χ1n) is 8.40. The number of rotatable bonds is 6. The van der Waals surface area contributed by atoms with Gasteiger partial charge in [-0.25, -0.2) is 4.79 Å². The molecule has 0 saturated heterocycles. The molecule has 0 bridgehead atoms. The third-order valence-electron chi connectivity index (χ3n) is 3.81.